The number of rotatable bonds is 3. The largest absolute Gasteiger partial charge is 0.489 e. The van der Waals surface area contributed by atoms with E-state index in [0.717, 1.165) is 0 Å². The molecule has 0 N–H and O–H groups in total. The smallest absolute Gasteiger partial charge is 0.410 e. The summed E-state index contributed by atoms with van der Waals surface area (Å²) >= 11 is 0. The molecule has 1 aliphatic rings. The molecule has 1 aromatic rings. The van der Waals surface area contributed by atoms with Gasteiger partial charge in [-0.15, -0.1) is 0 Å². The monoisotopic (exact) mass is 308 g/mol. The van der Waals surface area contributed by atoms with Crippen molar-refractivity contribution in [3.05, 3.63) is 34.4 Å². The maximum absolute atomic E-state index is 12.0. The molecular weight excluding hydrogens is 288 g/mol. The van der Waals surface area contributed by atoms with Crippen molar-refractivity contribution in [1.82, 2.24) is 4.90 Å². The molecule has 0 aliphatic carbocycles. The van der Waals surface area contributed by atoms with Crippen molar-refractivity contribution in [3.8, 4) is 5.75 Å². The summed E-state index contributed by atoms with van der Waals surface area (Å²) in [5, 5.41) is 10.6. The predicted molar refractivity (Wildman–Crippen MR) is 79.9 cm³/mol. The van der Waals surface area contributed by atoms with Gasteiger partial charge in [-0.3, -0.25) is 10.1 Å². The molecule has 0 aromatic heterocycles. The summed E-state index contributed by atoms with van der Waals surface area (Å²) in [5.41, 5.74) is -0.497. The lowest BCUT2D eigenvalue weighted by atomic mass is 10.2. The highest BCUT2D eigenvalue weighted by molar-refractivity contribution is 5.68. The van der Waals surface area contributed by atoms with E-state index in [4.69, 9.17) is 9.47 Å². The van der Waals surface area contributed by atoms with Gasteiger partial charge in [-0.25, -0.2) is 4.79 Å². The highest BCUT2D eigenvalue weighted by Crippen LogP contribution is 2.22. The first kappa shape index (κ1) is 16.1. The SMILES string of the molecule is CC(C)(C)OC(=O)N1CCC(Oc2ccc([N+](=O)[O-])cc2)C1. The molecular formula is C15H20N2O5. The lowest BCUT2D eigenvalue weighted by Crippen LogP contribution is -2.36. The van der Waals surface area contributed by atoms with Crippen molar-refractivity contribution in [3.63, 3.8) is 0 Å². The zero-order valence-electron chi connectivity index (χ0n) is 12.9. The van der Waals surface area contributed by atoms with E-state index >= 15 is 0 Å². The van der Waals surface area contributed by atoms with Crippen LogP contribution in [0, 0.1) is 10.1 Å². The van der Waals surface area contributed by atoms with Crippen molar-refractivity contribution < 1.29 is 19.2 Å². The third kappa shape index (κ3) is 4.34. The fraction of sp³-hybridized carbons (Fsp3) is 0.533. The topological polar surface area (TPSA) is 81.9 Å². The lowest BCUT2D eigenvalue weighted by molar-refractivity contribution is -0.384. The van der Waals surface area contributed by atoms with E-state index < -0.39 is 10.5 Å². The molecule has 120 valence electrons. The summed E-state index contributed by atoms with van der Waals surface area (Å²) in [4.78, 5) is 23.7. The van der Waals surface area contributed by atoms with Crippen LogP contribution in [0.1, 0.15) is 27.2 Å². The van der Waals surface area contributed by atoms with Crippen molar-refractivity contribution in [2.75, 3.05) is 13.1 Å². The summed E-state index contributed by atoms with van der Waals surface area (Å²) < 4.78 is 11.1. The minimum absolute atomic E-state index is 0.0224. The van der Waals surface area contributed by atoms with Crippen molar-refractivity contribution >= 4 is 11.8 Å². The Morgan fingerprint density at radius 1 is 1.32 bits per heavy atom. The second kappa shape index (κ2) is 6.21. The summed E-state index contributed by atoms with van der Waals surface area (Å²) in [5.74, 6) is 0.557. The molecule has 1 fully saturated rings. The number of nitro benzene ring substituents is 1. The first-order chi connectivity index (χ1) is 10.2. The van der Waals surface area contributed by atoms with Crippen molar-refractivity contribution in [2.24, 2.45) is 0 Å². The Kier molecular flexibility index (Phi) is 4.54. The Morgan fingerprint density at radius 3 is 2.50 bits per heavy atom. The number of benzene rings is 1. The Labute approximate surface area is 129 Å². The molecule has 1 amide bonds. The quantitative estimate of drug-likeness (QED) is 0.633. The third-order valence-corrected chi connectivity index (χ3v) is 3.15. The first-order valence-electron chi connectivity index (χ1n) is 7.13. The van der Waals surface area contributed by atoms with E-state index in [-0.39, 0.29) is 17.9 Å². The van der Waals surface area contributed by atoms with Gasteiger partial charge in [0, 0.05) is 25.1 Å². The second-order valence-electron chi connectivity index (χ2n) is 6.21. The van der Waals surface area contributed by atoms with Crippen LogP contribution in [-0.4, -0.2) is 40.7 Å². The Hall–Kier alpha value is -2.31. The molecule has 2 rings (SSSR count). The molecule has 7 heteroatoms. The van der Waals surface area contributed by atoms with Gasteiger partial charge in [0.2, 0.25) is 0 Å². The van der Waals surface area contributed by atoms with Crippen molar-refractivity contribution in [2.45, 2.75) is 38.9 Å². The van der Waals surface area contributed by atoms with E-state index in [1.807, 2.05) is 20.8 Å². The third-order valence-electron chi connectivity index (χ3n) is 3.15. The van der Waals surface area contributed by atoms with Gasteiger partial charge in [-0.2, -0.15) is 0 Å². The van der Waals surface area contributed by atoms with Crippen LogP contribution in [0.4, 0.5) is 10.5 Å². The highest BCUT2D eigenvalue weighted by atomic mass is 16.6. The van der Waals surface area contributed by atoms with Crippen LogP contribution in [0.2, 0.25) is 0 Å². The molecule has 7 nitrogen and oxygen atoms in total. The van der Waals surface area contributed by atoms with E-state index in [2.05, 4.69) is 0 Å². The van der Waals surface area contributed by atoms with Crippen LogP contribution < -0.4 is 4.74 Å². The molecule has 1 heterocycles. The van der Waals surface area contributed by atoms with Gasteiger partial charge < -0.3 is 14.4 Å². The number of non-ortho nitro benzene ring substituents is 1. The van der Waals surface area contributed by atoms with E-state index in [0.29, 0.717) is 25.3 Å². The van der Waals surface area contributed by atoms with Crippen molar-refractivity contribution in [1.29, 1.82) is 0 Å². The average molecular weight is 308 g/mol. The predicted octanol–water partition coefficient (Wildman–Crippen LogP) is 2.98. The second-order valence-corrected chi connectivity index (χ2v) is 6.21. The van der Waals surface area contributed by atoms with Crippen LogP contribution in [0.25, 0.3) is 0 Å². The molecule has 0 spiro atoms. The number of hydrogen-bond acceptors (Lipinski definition) is 5. The lowest BCUT2D eigenvalue weighted by Gasteiger charge is -2.24. The average Bonchev–Trinajstić information content (AvgIpc) is 2.86. The first-order valence-corrected chi connectivity index (χ1v) is 7.13. The molecule has 1 aromatic carbocycles. The number of carbonyl (C=O) groups excluding carboxylic acids is 1. The summed E-state index contributed by atoms with van der Waals surface area (Å²) in [6.45, 7) is 6.50. The van der Waals surface area contributed by atoms with Crippen LogP contribution in [0.5, 0.6) is 5.75 Å². The molecule has 0 saturated carbocycles. The Bertz CT molecular complexity index is 550. The van der Waals surface area contributed by atoms with Crippen LogP contribution >= 0.6 is 0 Å². The summed E-state index contributed by atoms with van der Waals surface area (Å²) in [6, 6.07) is 5.92. The summed E-state index contributed by atoms with van der Waals surface area (Å²) in [7, 11) is 0. The number of carbonyl (C=O) groups is 1. The number of hydrogen-bond donors (Lipinski definition) is 0. The molecule has 1 atom stereocenters. The minimum atomic E-state index is -0.519. The van der Waals surface area contributed by atoms with Gasteiger partial charge in [0.1, 0.15) is 17.5 Å². The maximum Gasteiger partial charge on any atom is 0.410 e. The van der Waals surface area contributed by atoms with E-state index in [9.17, 15) is 14.9 Å². The molecule has 0 bridgehead atoms. The van der Waals surface area contributed by atoms with Gasteiger partial charge in [0.25, 0.3) is 5.69 Å². The van der Waals surface area contributed by atoms with Gasteiger partial charge in [-0.05, 0) is 32.9 Å². The van der Waals surface area contributed by atoms with Gasteiger partial charge >= 0.3 is 6.09 Å². The highest BCUT2D eigenvalue weighted by Gasteiger charge is 2.30. The van der Waals surface area contributed by atoms with Crippen LogP contribution in [0.3, 0.4) is 0 Å². The van der Waals surface area contributed by atoms with Crippen LogP contribution in [0.15, 0.2) is 24.3 Å². The zero-order chi connectivity index (χ0) is 16.3. The molecule has 1 aliphatic heterocycles. The molecule has 1 saturated heterocycles. The fourth-order valence-electron chi connectivity index (χ4n) is 2.16. The number of nitro groups is 1. The Balaban J connectivity index is 1.88. The standard InChI is InChI=1S/C15H20N2O5/c1-15(2,3)22-14(18)16-9-8-13(10-16)21-12-6-4-11(5-7-12)17(19)20/h4-7,13H,8-10H2,1-3H3. The number of likely N-dealkylation sites (tertiary alicyclic amines) is 1. The van der Waals surface area contributed by atoms with E-state index in [1.165, 1.54) is 12.1 Å². The van der Waals surface area contributed by atoms with Gasteiger partial charge in [0.15, 0.2) is 0 Å². The maximum atomic E-state index is 12.0. The zero-order valence-corrected chi connectivity index (χ0v) is 12.9. The van der Waals surface area contributed by atoms with E-state index in [1.54, 1.807) is 17.0 Å². The molecule has 22 heavy (non-hydrogen) atoms. The fourth-order valence-corrected chi connectivity index (χ4v) is 2.16. The van der Waals surface area contributed by atoms with Crippen LogP contribution in [-0.2, 0) is 4.74 Å². The van der Waals surface area contributed by atoms with Gasteiger partial charge in [0.05, 0.1) is 11.5 Å². The minimum Gasteiger partial charge on any atom is -0.489 e. The molecule has 0 radical (unpaired) electrons. The number of amides is 1. The van der Waals surface area contributed by atoms with Gasteiger partial charge in [-0.1, -0.05) is 0 Å². The Morgan fingerprint density at radius 2 is 1.95 bits per heavy atom. The normalized spacial score (nSPS) is 18.1. The number of ether oxygens (including phenoxy) is 2. The number of nitrogens with zero attached hydrogens (tertiary/aromatic N) is 2. The summed E-state index contributed by atoms with van der Waals surface area (Å²) in [6.07, 6.45) is 0.229. The molecule has 1 unspecified atom stereocenters.